The summed E-state index contributed by atoms with van der Waals surface area (Å²) in [7, 11) is 3.86. The van der Waals surface area contributed by atoms with E-state index < -0.39 is 35.8 Å². The first-order chi connectivity index (χ1) is 13.8. The predicted octanol–water partition coefficient (Wildman–Crippen LogP) is 1.38. The Labute approximate surface area is 167 Å². The van der Waals surface area contributed by atoms with Crippen LogP contribution in [0.2, 0.25) is 0 Å². The molecule has 4 amide bonds. The molecule has 0 bridgehead atoms. The van der Waals surface area contributed by atoms with Crippen molar-refractivity contribution in [2.75, 3.05) is 21.2 Å². The van der Waals surface area contributed by atoms with Crippen LogP contribution >= 0.6 is 0 Å². The number of hydrogen-bond donors (Lipinski definition) is 1. The lowest BCUT2D eigenvalue weighted by molar-refractivity contribution is -0.145. The summed E-state index contributed by atoms with van der Waals surface area (Å²) in [6.45, 7) is 1.50. The molecule has 2 heterocycles. The molecule has 0 spiro atoms. The second-order valence-electron chi connectivity index (χ2n) is 6.88. The van der Waals surface area contributed by atoms with E-state index >= 15 is 0 Å². The smallest absolute Gasteiger partial charge is 0.332 e. The molecule has 1 atom stereocenters. The quantitative estimate of drug-likeness (QED) is 0.465. The topological polar surface area (TPSA) is 112 Å². The molecule has 9 nitrogen and oxygen atoms in total. The standard InChI is InChI=1S/C20H22N4O5/c1-11(16-17(25)23(2)20(28)24(3)18(16)26)22-15(19(27)29-4)9-12-10-21-14-8-6-5-7-13(12)14/h5-8,10,15-16,21H,9H2,1-4H3/t15-/m0/s1. The number of rotatable bonds is 5. The Balaban J connectivity index is 1.94. The van der Waals surface area contributed by atoms with Crippen LogP contribution in [-0.2, 0) is 25.5 Å². The maximum absolute atomic E-state index is 12.5. The molecule has 3 rings (SSSR count). The molecule has 0 saturated carbocycles. The molecule has 1 N–H and O–H groups in total. The number of esters is 1. The highest BCUT2D eigenvalue weighted by Crippen LogP contribution is 2.22. The van der Waals surface area contributed by atoms with Crippen LogP contribution in [-0.4, -0.2) is 71.6 Å². The van der Waals surface area contributed by atoms with Gasteiger partial charge in [-0.3, -0.25) is 24.4 Å². The molecule has 152 valence electrons. The van der Waals surface area contributed by atoms with Crippen LogP contribution in [0.3, 0.4) is 0 Å². The number of aromatic amines is 1. The molecule has 9 heteroatoms. The lowest BCUT2D eigenvalue weighted by Crippen LogP contribution is -2.58. The summed E-state index contributed by atoms with van der Waals surface area (Å²) in [6.07, 6.45) is 2.02. The number of barbiturate groups is 1. The van der Waals surface area contributed by atoms with Crippen molar-refractivity contribution in [2.45, 2.75) is 19.4 Å². The summed E-state index contributed by atoms with van der Waals surface area (Å²) < 4.78 is 4.87. The fourth-order valence-corrected chi connectivity index (χ4v) is 3.41. The number of ether oxygens (including phenoxy) is 1. The highest BCUT2D eigenvalue weighted by molar-refractivity contribution is 6.27. The maximum atomic E-state index is 12.5. The van der Waals surface area contributed by atoms with Gasteiger partial charge in [0, 0.05) is 43.3 Å². The fourth-order valence-electron chi connectivity index (χ4n) is 3.41. The molecule has 0 aliphatic carbocycles. The number of para-hydroxylation sites is 1. The van der Waals surface area contributed by atoms with Crippen LogP contribution < -0.4 is 0 Å². The van der Waals surface area contributed by atoms with Crippen molar-refractivity contribution in [1.82, 2.24) is 14.8 Å². The lowest BCUT2D eigenvalue weighted by atomic mass is 9.98. The zero-order valence-electron chi connectivity index (χ0n) is 16.6. The number of aliphatic imine (C=N–C) groups is 1. The van der Waals surface area contributed by atoms with Gasteiger partial charge in [0.2, 0.25) is 11.8 Å². The van der Waals surface area contributed by atoms with Crippen molar-refractivity contribution < 1.29 is 23.9 Å². The van der Waals surface area contributed by atoms with E-state index in [0.29, 0.717) is 0 Å². The Hall–Kier alpha value is -3.49. The number of urea groups is 1. The van der Waals surface area contributed by atoms with Crippen LogP contribution in [0, 0.1) is 5.92 Å². The van der Waals surface area contributed by atoms with Crippen LogP contribution in [0.4, 0.5) is 4.79 Å². The largest absolute Gasteiger partial charge is 0.467 e. The van der Waals surface area contributed by atoms with Gasteiger partial charge >= 0.3 is 12.0 Å². The van der Waals surface area contributed by atoms with E-state index in [1.807, 2.05) is 24.3 Å². The number of imide groups is 2. The summed E-state index contributed by atoms with van der Waals surface area (Å²) in [6, 6.07) is 6.00. The van der Waals surface area contributed by atoms with Crippen LogP contribution in [0.25, 0.3) is 10.9 Å². The number of carbonyl (C=O) groups is 4. The Morgan fingerprint density at radius 1 is 1.17 bits per heavy atom. The number of nitrogens with zero attached hydrogens (tertiary/aromatic N) is 3. The molecule has 1 aliphatic heterocycles. The second kappa shape index (κ2) is 7.86. The molecular formula is C20H22N4O5. The first kappa shape index (κ1) is 20.2. The summed E-state index contributed by atoms with van der Waals surface area (Å²) in [5, 5.41) is 0.948. The van der Waals surface area contributed by atoms with Gasteiger partial charge in [0.15, 0.2) is 12.0 Å². The van der Waals surface area contributed by atoms with Crippen LogP contribution in [0.1, 0.15) is 12.5 Å². The van der Waals surface area contributed by atoms with Gasteiger partial charge in [-0.25, -0.2) is 9.59 Å². The van der Waals surface area contributed by atoms with Crippen molar-refractivity contribution in [3.05, 3.63) is 36.0 Å². The van der Waals surface area contributed by atoms with E-state index in [1.54, 1.807) is 6.20 Å². The third kappa shape index (κ3) is 3.63. The second-order valence-corrected chi connectivity index (χ2v) is 6.88. The minimum atomic E-state index is -1.25. The number of nitrogens with one attached hydrogen (secondary N) is 1. The van der Waals surface area contributed by atoms with Gasteiger partial charge in [-0.15, -0.1) is 0 Å². The Bertz CT molecular complexity index is 1000. The van der Waals surface area contributed by atoms with Crippen molar-refractivity contribution >= 4 is 40.4 Å². The molecule has 1 aromatic carbocycles. The highest BCUT2D eigenvalue weighted by Gasteiger charge is 2.44. The summed E-state index contributed by atoms with van der Waals surface area (Å²) in [5.41, 5.74) is 1.94. The van der Waals surface area contributed by atoms with Crippen molar-refractivity contribution in [3.8, 4) is 0 Å². The minimum absolute atomic E-state index is 0.154. The number of carbonyl (C=O) groups excluding carboxylic acids is 4. The van der Waals surface area contributed by atoms with E-state index in [1.165, 1.54) is 28.1 Å². The zero-order valence-corrected chi connectivity index (χ0v) is 16.6. The molecular weight excluding hydrogens is 376 g/mol. The number of H-pyrrole nitrogens is 1. The van der Waals surface area contributed by atoms with Gasteiger partial charge in [0.25, 0.3) is 0 Å². The Kier molecular flexibility index (Phi) is 5.49. The van der Waals surface area contributed by atoms with E-state index in [4.69, 9.17) is 4.74 Å². The molecule has 2 aromatic rings. The number of hydrogen-bond acceptors (Lipinski definition) is 6. The summed E-state index contributed by atoms with van der Waals surface area (Å²) >= 11 is 0. The Morgan fingerprint density at radius 3 is 2.41 bits per heavy atom. The number of methoxy groups -OCH3 is 1. The van der Waals surface area contributed by atoms with E-state index in [9.17, 15) is 19.2 Å². The maximum Gasteiger partial charge on any atom is 0.332 e. The molecule has 0 radical (unpaired) electrons. The average Bonchev–Trinajstić information content (AvgIpc) is 3.12. The summed E-state index contributed by atoms with van der Waals surface area (Å²) in [5.74, 6) is -3.17. The molecule has 1 aromatic heterocycles. The van der Waals surface area contributed by atoms with Gasteiger partial charge in [0.05, 0.1) is 7.11 Å². The molecule has 1 aliphatic rings. The summed E-state index contributed by atoms with van der Waals surface area (Å²) in [4.78, 5) is 58.5. The molecule has 1 saturated heterocycles. The van der Waals surface area contributed by atoms with Gasteiger partial charge in [-0.1, -0.05) is 18.2 Å². The SMILES string of the molecule is COC(=O)[C@H](Cc1c[nH]c2ccccc12)N=C(C)C1C(=O)N(C)C(=O)N(C)C1=O. The fraction of sp³-hybridized carbons (Fsp3) is 0.350. The van der Waals surface area contributed by atoms with Gasteiger partial charge in [-0.05, 0) is 18.6 Å². The van der Waals surface area contributed by atoms with Gasteiger partial charge in [0.1, 0.15) is 0 Å². The molecule has 1 fully saturated rings. The van der Waals surface area contributed by atoms with Crippen LogP contribution in [0.5, 0.6) is 0 Å². The predicted molar refractivity (Wildman–Crippen MR) is 105 cm³/mol. The van der Waals surface area contributed by atoms with Crippen molar-refractivity contribution in [2.24, 2.45) is 10.9 Å². The first-order valence-corrected chi connectivity index (χ1v) is 9.02. The van der Waals surface area contributed by atoms with Gasteiger partial charge < -0.3 is 9.72 Å². The third-order valence-corrected chi connectivity index (χ3v) is 5.07. The molecule has 0 unspecified atom stereocenters. The minimum Gasteiger partial charge on any atom is -0.467 e. The van der Waals surface area contributed by atoms with Crippen LogP contribution in [0.15, 0.2) is 35.5 Å². The number of aromatic nitrogens is 1. The van der Waals surface area contributed by atoms with Crippen molar-refractivity contribution in [3.63, 3.8) is 0 Å². The highest BCUT2D eigenvalue weighted by atomic mass is 16.5. The zero-order chi connectivity index (χ0) is 21.3. The molecule has 29 heavy (non-hydrogen) atoms. The van der Waals surface area contributed by atoms with E-state index in [-0.39, 0.29) is 12.1 Å². The van der Waals surface area contributed by atoms with E-state index in [2.05, 4.69) is 9.98 Å². The lowest BCUT2D eigenvalue weighted by Gasteiger charge is -2.33. The van der Waals surface area contributed by atoms with Gasteiger partial charge in [-0.2, -0.15) is 0 Å². The normalized spacial score (nSPS) is 17.2. The third-order valence-electron chi connectivity index (χ3n) is 5.07. The number of fused-ring (bicyclic) bond motifs is 1. The van der Waals surface area contributed by atoms with E-state index in [0.717, 1.165) is 26.3 Å². The first-order valence-electron chi connectivity index (χ1n) is 9.02. The van der Waals surface area contributed by atoms with Crippen molar-refractivity contribution in [1.29, 1.82) is 0 Å². The number of benzene rings is 1. The number of amides is 4. The average molecular weight is 398 g/mol. The Morgan fingerprint density at radius 2 is 1.79 bits per heavy atom. The monoisotopic (exact) mass is 398 g/mol.